The van der Waals surface area contributed by atoms with Gasteiger partial charge in [0.05, 0.1) is 16.8 Å². The number of benzene rings is 2. The second-order valence-corrected chi connectivity index (χ2v) is 7.63. The van der Waals surface area contributed by atoms with Gasteiger partial charge in [0, 0.05) is 18.7 Å². The van der Waals surface area contributed by atoms with E-state index in [-0.39, 0.29) is 24.1 Å². The topological polar surface area (TPSA) is 98.5 Å². The fourth-order valence-electron chi connectivity index (χ4n) is 2.22. The van der Waals surface area contributed by atoms with Gasteiger partial charge in [-0.25, -0.2) is 13.1 Å². The highest BCUT2D eigenvalue weighted by atomic mass is 32.2. The molecule has 0 saturated carbocycles. The lowest BCUT2D eigenvalue weighted by atomic mass is 10.2. The predicted octanol–water partition coefficient (Wildman–Crippen LogP) is 3.00. The molecule has 0 amide bonds. The van der Waals surface area contributed by atoms with Gasteiger partial charge in [0.2, 0.25) is 10.0 Å². The first-order valence-corrected chi connectivity index (χ1v) is 9.37. The Morgan fingerprint density at radius 2 is 1.80 bits per heavy atom. The molecule has 0 aliphatic carbocycles. The highest BCUT2D eigenvalue weighted by molar-refractivity contribution is 7.88. The van der Waals surface area contributed by atoms with Crippen LogP contribution in [-0.4, -0.2) is 19.4 Å². The fraction of sp³-hybridized carbons (Fsp3) is 0.294. The lowest BCUT2D eigenvalue weighted by Gasteiger charge is -2.11. The normalized spacial score (nSPS) is 11.5. The maximum absolute atomic E-state index is 12.2. The summed E-state index contributed by atoms with van der Waals surface area (Å²) in [4.78, 5) is 10.2. The molecule has 0 aromatic heterocycles. The second-order valence-electron chi connectivity index (χ2n) is 5.82. The SMILES string of the molecule is CC(C)Oc1cccc(CNS(=O)(=O)Cc2cccc([N+](=O)[O-])c2)c1. The number of hydrogen-bond acceptors (Lipinski definition) is 5. The minimum absolute atomic E-state index is 0.0285. The van der Waals surface area contributed by atoms with Crippen LogP contribution in [-0.2, 0) is 22.3 Å². The van der Waals surface area contributed by atoms with Gasteiger partial charge < -0.3 is 4.74 Å². The molecule has 0 heterocycles. The molecular formula is C17H20N2O5S. The lowest BCUT2D eigenvalue weighted by Crippen LogP contribution is -2.24. The van der Waals surface area contributed by atoms with E-state index in [0.717, 1.165) is 5.56 Å². The van der Waals surface area contributed by atoms with Crippen LogP contribution >= 0.6 is 0 Å². The summed E-state index contributed by atoms with van der Waals surface area (Å²) < 4.78 is 32.5. The van der Waals surface area contributed by atoms with Gasteiger partial charge in [-0.3, -0.25) is 10.1 Å². The van der Waals surface area contributed by atoms with Crippen molar-refractivity contribution in [3.63, 3.8) is 0 Å². The van der Waals surface area contributed by atoms with Crippen molar-refractivity contribution in [3.8, 4) is 5.75 Å². The van der Waals surface area contributed by atoms with Gasteiger partial charge in [0.1, 0.15) is 5.75 Å². The molecule has 0 radical (unpaired) electrons. The molecule has 0 fully saturated rings. The van der Waals surface area contributed by atoms with Crippen molar-refractivity contribution < 1.29 is 18.1 Å². The second kappa shape index (κ2) is 8.09. The summed E-state index contributed by atoms with van der Waals surface area (Å²) in [7, 11) is -3.62. The van der Waals surface area contributed by atoms with Crippen LogP contribution < -0.4 is 9.46 Å². The minimum Gasteiger partial charge on any atom is -0.491 e. The molecule has 2 aromatic rings. The number of nitro benzene ring substituents is 1. The van der Waals surface area contributed by atoms with Gasteiger partial charge in [-0.2, -0.15) is 0 Å². The Bertz CT molecular complexity index is 850. The zero-order chi connectivity index (χ0) is 18.4. The maximum Gasteiger partial charge on any atom is 0.269 e. The van der Waals surface area contributed by atoms with E-state index in [2.05, 4.69) is 4.72 Å². The summed E-state index contributed by atoms with van der Waals surface area (Å²) in [6.45, 7) is 3.94. The standard InChI is InChI=1S/C17H20N2O5S/c1-13(2)24-17-8-4-5-14(10-17)11-18-25(22,23)12-15-6-3-7-16(9-15)19(20)21/h3-10,13,18H,11-12H2,1-2H3. The van der Waals surface area contributed by atoms with E-state index in [1.165, 1.54) is 18.2 Å². The average Bonchev–Trinajstić information content (AvgIpc) is 2.52. The molecule has 1 N–H and O–H groups in total. The smallest absolute Gasteiger partial charge is 0.269 e. The first-order valence-electron chi connectivity index (χ1n) is 7.71. The van der Waals surface area contributed by atoms with Gasteiger partial charge in [-0.1, -0.05) is 24.3 Å². The first kappa shape index (κ1) is 18.9. The van der Waals surface area contributed by atoms with Crippen molar-refractivity contribution in [1.29, 1.82) is 0 Å². The average molecular weight is 364 g/mol. The number of nitrogens with zero attached hydrogens (tertiary/aromatic N) is 1. The molecule has 8 heteroatoms. The number of ether oxygens (including phenoxy) is 1. The summed E-state index contributed by atoms with van der Waals surface area (Å²) in [5, 5.41) is 10.8. The van der Waals surface area contributed by atoms with Gasteiger partial charge in [0.25, 0.3) is 5.69 Å². The molecule has 7 nitrogen and oxygen atoms in total. The van der Waals surface area contributed by atoms with Crippen LogP contribution in [0.2, 0.25) is 0 Å². The molecule has 25 heavy (non-hydrogen) atoms. The molecule has 0 atom stereocenters. The third-order valence-electron chi connectivity index (χ3n) is 3.24. The van der Waals surface area contributed by atoms with Crippen LogP contribution in [0.15, 0.2) is 48.5 Å². The van der Waals surface area contributed by atoms with Crippen LogP contribution in [0.1, 0.15) is 25.0 Å². The van der Waals surface area contributed by atoms with Crippen molar-refractivity contribution >= 4 is 15.7 Å². The number of rotatable bonds is 8. The van der Waals surface area contributed by atoms with Crippen molar-refractivity contribution in [1.82, 2.24) is 4.72 Å². The zero-order valence-corrected chi connectivity index (χ0v) is 14.8. The molecule has 0 saturated heterocycles. The number of nitro groups is 1. The molecular weight excluding hydrogens is 344 g/mol. The highest BCUT2D eigenvalue weighted by Gasteiger charge is 2.14. The van der Waals surface area contributed by atoms with Crippen molar-refractivity contribution in [2.75, 3.05) is 0 Å². The number of hydrogen-bond donors (Lipinski definition) is 1. The monoisotopic (exact) mass is 364 g/mol. The molecule has 2 rings (SSSR count). The maximum atomic E-state index is 12.2. The fourth-order valence-corrected chi connectivity index (χ4v) is 3.33. The Hall–Kier alpha value is -2.45. The Labute approximate surface area is 146 Å². The third kappa shape index (κ3) is 6.17. The Balaban J connectivity index is 2.02. The van der Waals surface area contributed by atoms with Crippen molar-refractivity contribution in [2.45, 2.75) is 32.2 Å². The predicted molar refractivity (Wildman–Crippen MR) is 94.8 cm³/mol. The van der Waals surface area contributed by atoms with Gasteiger partial charge >= 0.3 is 0 Å². The third-order valence-corrected chi connectivity index (χ3v) is 4.54. The Kier molecular flexibility index (Phi) is 6.11. The Morgan fingerprint density at radius 1 is 1.12 bits per heavy atom. The van der Waals surface area contributed by atoms with Crippen LogP contribution in [0, 0.1) is 10.1 Å². The quantitative estimate of drug-likeness (QED) is 0.573. The van der Waals surface area contributed by atoms with E-state index in [1.54, 1.807) is 30.3 Å². The van der Waals surface area contributed by atoms with E-state index in [9.17, 15) is 18.5 Å². The van der Waals surface area contributed by atoms with Crippen molar-refractivity contribution in [2.24, 2.45) is 0 Å². The van der Waals surface area contributed by atoms with Crippen LogP contribution in [0.25, 0.3) is 0 Å². The van der Waals surface area contributed by atoms with Crippen LogP contribution in [0.3, 0.4) is 0 Å². The van der Waals surface area contributed by atoms with Crippen LogP contribution in [0.4, 0.5) is 5.69 Å². The van der Waals surface area contributed by atoms with E-state index >= 15 is 0 Å². The summed E-state index contributed by atoms with van der Waals surface area (Å²) in [5.74, 6) is 0.349. The summed E-state index contributed by atoms with van der Waals surface area (Å²) in [6.07, 6.45) is 0.0285. The first-order chi connectivity index (χ1) is 11.7. The zero-order valence-electron chi connectivity index (χ0n) is 14.0. The summed E-state index contributed by atoms with van der Waals surface area (Å²) in [5.41, 5.74) is 0.991. The van der Waals surface area contributed by atoms with E-state index < -0.39 is 14.9 Å². The van der Waals surface area contributed by atoms with Gasteiger partial charge in [0.15, 0.2) is 0 Å². The van der Waals surface area contributed by atoms with E-state index in [1.807, 2.05) is 13.8 Å². The van der Waals surface area contributed by atoms with Gasteiger partial charge in [-0.15, -0.1) is 0 Å². The number of non-ortho nitro benzene ring substituents is 1. The summed E-state index contributed by atoms with van der Waals surface area (Å²) >= 11 is 0. The molecule has 0 spiro atoms. The molecule has 0 aliphatic heterocycles. The Morgan fingerprint density at radius 3 is 2.48 bits per heavy atom. The number of sulfonamides is 1. The summed E-state index contributed by atoms with van der Waals surface area (Å²) in [6, 6.07) is 12.8. The molecule has 0 bridgehead atoms. The largest absolute Gasteiger partial charge is 0.491 e. The lowest BCUT2D eigenvalue weighted by molar-refractivity contribution is -0.384. The molecule has 0 unspecified atom stereocenters. The van der Waals surface area contributed by atoms with Crippen LogP contribution in [0.5, 0.6) is 5.75 Å². The van der Waals surface area contributed by atoms with E-state index in [0.29, 0.717) is 11.3 Å². The van der Waals surface area contributed by atoms with Gasteiger partial charge in [-0.05, 0) is 37.1 Å². The molecule has 134 valence electrons. The molecule has 2 aromatic carbocycles. The molecule has 0 aliphatic rings. The minimum atomic E-state index is -3.62. The van der Waals surface area contributed by atoms with Crippen molar-refractivity contribution in [3.05, 3.63) is 69.8 Å². The highest BCUT2D eigenvalue weighted by Crippen LogP contribution is 2.17. The number of nitrogens with one attached hydrogen (secondary N) is 1. The van der Waals surface area contributed by atoms with E-state index in [4.69, 9.17) is 4.74 Å².